The molecule has 0 atom stereocenters. The average Bonchev–Trinajstić information content (AvgIpc) is 1.00. The Morgan fingerprint density at radius 2 is 1.25 bits per heavy atom. The van der Waals surface area contributed by atoms with Gasteiger partial charge in [-0.25, -0.2) is 0 Å². The Morgan fingerprint density at radius 1 is 1.25 bits per heavy atom. The second kappa shape index (κ2) is 4840. The molecule has 0 aliphatic rings. The Balaban J connectivity index is -0.00000000500. The quantitative estimate of drug-likeness (QED) is 0.284. The third-order valence-corrected chi connectivity index (χ3v) is 0. The molecular formula is CH9BOSi. The summed E-state index contributed by atoms with van der Waals surface area (Å²) in [5, 5.41) is 0. The van der Waals surface area contributed by atoms with Crippen LogP contribution in [0.25, 0.3) is 0 Å². The topological polar surface area (TPSA) is 17.1 Å². The van der Waals surface area contributed by atoms with Crippen molar-refractivity contribution in [2.75, 3.05) is 0 Å². The summed E-state index contributed by atoms with van der Waals surface area (Å²) in [5.41, 5.74) is 0. The minimum atomic E-state index is 0. The standard InChI is InChI=1S/CH2O.BH3.H4Si/c1-2;;/h1H2;1H3;1H4. The molecule has 0 N–H and O–H groups in total. The van der Waals surface area contributed by atoms with Crippen molar-refractivity contribution in [2.24, 2.45) is 0 Å². The van der Waals surface area contributed by atoms with E-state index in [9.17, 15) is 0 Å². The minimum Gasteiger partial charge on any atom is -0.307 e. The summed E-state index contributed by atoms with van der Waals surface area (Å²) in [7, 11) is 0. The monoisotopic (exact) mass is 76.1 g/mol. The molecule has 0 aromatic carbocycles. The van der Waals surface area contributed by atoms with Crippen LogP contribution in [0.5, 0.6) is 0 Å². The van der Waals surface area contributed by atoms with Gasteiger partial charge in [0.15, 0.2) is 0 Å². The highest BCUT2D eigenvalue weighted by Gasteiger charge is 0.636. The molecule has 0 unspecified atom stereocenters. The molecule has 26 valence electrons. The number of carbonyl (C=O) groups excluding carboxylic acids is 1. The zero-order chi connectivity index (χ0) is 2.00. The molecule has 1 nitrogen and oxygen atoms in total. The van der Waals surface area contributed by atoms with E-state index in [0.717, 1.165) is 0 Å². The second-order valence-corrected chi connectivity index (χ2v) is 0. The van der Waals surface area contributed by atoms with Crippen LogP contribution in [0.1, 0.15) is 0 Å². The van der Waals surface area contributed by atoms with Crippen molar-refractivity contribution in [1.82, 2.24) is 0 Å². The van der Waals surface area contributed by atoms with Gasteiger partial charge in [-0.1, -0.05) is 0 Å². The van der Waals surface area contributed by atoms with Gasteiger partial charge in [0.05, 0.1) is 8.41 Å². The third kappa shape index (κ3) is 762. The minimum absolute atomic E-state index is 0. The summed E-state index contributed by atoms with van der Waals surface area (Å²) in [4.78, 5) is 8.00. The largest absolute Gasteiger partial charge is 0.307 e. The molecule has 0 heterocycles. The van der Waals surface area contributed by atoms with Gasteiger partial charge in [0.25, 0.3) is 0 Å². The molecule has 0 spiro atoms. The molecule has 0 saturated carbocycles. The summed E-state index contributed by atoms with van der Waals surface area (Å²) in [6.45, 7) is 2.00. The molecule has 0 aliphatic carbocycles. The average molecular weight is 76.0 g/mol. The molecule has 0 amide bonds. The maximum Gasteiger partial charge on any atom is 0.106 e. The van der Waals surface area contributed by atoms with Gasteiger partial charge < -0.3 is 4.79 Å². The van der Waals surface area contributed by atoms with E-state index in [1.165, 1.54) is 0 Å². The molecule has 0 aromatic heterocycles. The Bertz CT molecular complexity index is 8.00. The van der Waals surface area contributed by atoms with Crippen LogP contribution < -0.4 is 0 Å². The van der Waals surface area contributed by atoms with Crippen molar-refractivity contribution in [3.8, 4) is 0 Å². The lowest BCUT2D eigenvalue weighted by Gasteiger charge is -0.837. The van der Waals surface area contributed by atoms with Crippen LogP contribution in [0, 0.1) is 0 Å². The molecule has 4 heavy (non-hydrogen) atoms. The van der Waals surface area contributed by atoms with Crippen LogP contribution in [0.3, 0.4) is 0 Å². The highest BCUT2D eigenvalue weighted by Crippen LogP contribution is 0.494. The first-order valence-corrected chi connectivity index (χ1v) is 0.289. The van der Waals surface area contributed by atoms with Crippen molar-refractivity contribution in [3.63, 3.8) is 0 Å². The van der Waals surface area contributed by atoms with Gasteiger partial charge in [-0.15, -0.1) is 0 Å². The van der Waals surface area contributed by atoms with Gasteiger partial charge in [0, 0.05) is 0 Å². The maximum absolute atomic E-state index is 8.00. The van der Waals surface area contributed by atoms with Gasteiger partial charge in [-0.05, 0) is 11.0 Å². The Morgan fingerprint density at radius 3 is 1.25 bits per heavy atom. The van der Waals surface area contributed by atoms with E-state index in [-0.39, 0.29) is 19.4 Å². The summed E-state index contributed by atoms with van der Waals surface area (Å²) < 4.78 is 0. The van der Waals surface area contributed by atoms with E-state index in [2.05, 4.69) is 0 Å². The van der Waals surface area contributed by atoms with Crippen LogP contribution in [0.15, 0.2) is 0 Å². The summed E-state index contributed by atoms with van der Waals surface area (Å²) >= 11 is 0. The fraction of sp³-hybridized carbons (Fsp3) is 0. The molecule has 0 bridgehead atoms. The highest BCUT2D eigenvalue weighted by atomic mass is 28.1. The van der Waals surface area contributed by atoms with Crippen molar-refractivity contribution in [1.29, 1.82) is 0 Å². The number of rotatable bonds is 0. The van der Waals surface area contributed by atoms with E-state index in [1.807, 2.05) is 6.79 Å². The molecule has 0 aliphatic heterocycles. The number of hydrogen-bond acceptors (Lipinski definition) is 1. The molecule has 0 radical (unpaired) electrons. The predicted octanol–water partition coefficient (Wildman–Crippen LogP) is -2.82. The van der Waals surface area contributed by atoms with E-state index in [1.54, 1.807) is 0 Å². The Kier molecular flexibility index (Phi) is 46000. The lowest BCUT2D eigenvalue weighted by molar-refractivity contribution is -0.0979. The van der Waals surface area contributed by atoms with Crippen LogP contribution in [0.4, 0.5) is 0 Å². The Hall–Kier alpha value is -0.0482. The van der Waals surface area contributed by atoms with Gasteiger partial charge in [0.2, 0.25) is 0 Å². The van der Waals surface area contributed by atoms with Gasteiger partial charge in [0.1, 0.15) is 6.79 Å². The van der Waals surface area contributed by atoms with Crippen LogP contribution in [-0.4, -0.2) is 26.2 Å². The van der Waals surface area contributed by atoms with E-state index in [0.29, 0.717) is 0 Å². The lowest BCUT2D eigenvalue weighted by atomic mass is 10.8. The van der Waals surface area contributed by atoms with Crippen molar-refractivity contribution in [3.05, 3.63) is 0 Å². The summed E-state index contributed by atoms with van der Waals surface area (Å²) in [6.07, 6.45) is 0. The van der Waals surface area contributed by atoms with Crippen LogP contribution >= 0.6 is 0 Å². The van der Waals surface area contributed by atoms with Gasteiger partial charge in [-0.3, -0.25) is 0 Å². The first-order valence-electron chi connectivity index (χ1n) is 0.289. The molecule has 3 heteroatoms. The van der Waals surface area contributed by atoms with Crippen molar-refractivity contribution in [2.45, 2.75) is 0 Å². The zero-order valence-corrected chi connectivity index (χ0v) is 1.12. The second-order valence-electron chi connectivity index (χ2n) is 0. The van der Waals surface area contributed by atoms with Crippen LogP contribution in [-0.2, 0) is 4.79 Å². The molecule has 0 saturated heterocycles. The number of carbonyl (C=O) groups is 1. The molecular weight excluding hydrogens is 66.9 g/mol. The zero-order valence-electron chi connectivity index (χ0n) is 1.12. The number of hydrogen-bond donors (Lipinski definition) is 0. The van der Waals surface area contributed by atoms with Gasteiger partial charge in [-0.2, -0.15) is 0 Å². The van der Waals surface area contributed by atoms with Crippen molar-refractivity contribution >= 4 is 26.2 Å². The highest BCUT2D eigenvalue weighted by molar-refractivity contribution is 5.76. The Labute approximate surface area is 32.0 Å². The first kappa shape index (κ1) is 38.0. The SMILES string of the molecule is B.C=O.[SiH4]. The fourth-order valence-corrected chi connectivity index (χ4v) is 0. The summed E-state index contributed by atoms with van der Waals surface area (Å²) in [5.74, 6) is 0. The smallest absolute Gasteiger partial charge is 0.106 e. The predicted molar refractivity (Wildman–Crippen MR) is 28.4 cm³/mol. The van der Waals surface area contributed by atoms with E-state index < -0.39 is 0 Å². The lowest BCUT2D eigenvalue weighted by Crippen LogP contribution is -0.925. The van der Waals surface area contributed by atoms with E-state index in [4.69, 9.17) is 4.79 Å². The van der Waals surface area contributed by atoms with Crippen molar-refractivity contribution < 1.29 is 4.79 Å². The molecule has 0 rings (SSSR count). The maximum atomic E-state index is 8.00. The van der Waals surface area contributed by atoms with Gasteiger partial charge >= 0.3 is 0 Å². The molecule has 0 aromatic rings. The fourth-order valence-electron chi connectivity index (χ4n) is 0. The van der Waals surface area contributed by atoms with Crippen LogP contribution in [0.2, 0.25) is 0 Å². The molecule has 0 fully saturated rings. The summed E-state index contributed by atoms with van der Waals surface area (Å²) in [6, 6.07) is 0. The van der Waals surface area contributed by atoms with E-state index >= 15 is 0 Å². The first-order chi connectivity index (χ1) is 1.00. The normalized spacial score (nSPS) is 1.00. The third-order valence-electron chi connectivity index (χ3n) is 0.